The van der Waals surface area contributed by atoms with E-state index in [1.807, 2.05) is 60.7 Å². The average molecular weight is 406 g/mol. The van der Waals surface area contributed by atoms with Gasteiger partial charge in [0.1, 0.15) is 0 Å². The van der Waals surface area contributed by atoms with E-state index in [1.165, 1.54) is 11.0 Å². The quantitative estimate of drug-likeness (QED) is 0.635. The molecule has 0 N–H and O–H groups in total. The maximum absolute atomic E-state index is 13.4. The summed E-state index contributed by atoms with van der Waals surface area (Å²) >= 11 is 0. The first kappa shape index (κ1) is 19.8. The van der Waals surface area contributed by atoms with E-state index in [0.29, 0.717) is 6.54 Å². The lowest BCUT2D eigenvalue weighted by atomic mass is 9.96. The van der Waals surface area contributed by atoms with Crippen LogP contribution in [0.2, 0.25) is 0 Å². The Balaban J connectivity index is 1.47. The second-order valence-corrected chi connectivity index (χ2v) is 7.28. The molecule has 3 aromatic carbocycles. The number of benzene rings is 3. The van der Waals surface area contributed by atoms with E-state index in [-0.39, 0.29) is 30.5 Å². The molecule has 0 aliphatic carbocycles. The molecule has 2 amide bonds. The molecule has 0 aromatic heterocycles. The second kappa shape index (κ2) is 8.45. The summed E-state index contributed by atoms with van der Waals surface area (Å²) in [6.45, 7) is 0.918. The monoisotopic (exact) mass is 406 g/mol. The minimum Gasteiger partial charge on any atom is -0.337 e. The molecule has 0 bridgehead atoms. The molecule has 0 saturated carbocycles. The van der Waals surface area contributed by atoms with Crippen LogP contribution in [-0.4, -0.2) is 29.8 Å². The fraction of sp³-hybridized carbons (Fsp3) is 0.167. The number of para-hydroxylation sites is 1. The predicted molar refractivity (Wildman–Crippen MR) is 110 cm³/mol. The van der Waals surface area contributed by atoms with E-state index >= 15 is 0 Å². The van der Waals surface area contributed by atoms with Gasteiger partial charge in [-0.15, -0.1) is 0 Å². The highest BCUT2D eigenvalue weighted by Crippen LogP contribution is 2.26. The van der Waals surface area contributed by atoms with E-state index in [4.69, 9.17) is 0 Å². The van der Waals surface area contributed by atoms with E-state index in [2.05, 4.69) is 0 Å². The van der Waals surface area contributed by atoms with Crippen molar-refractivity contribution in [3.05, 3.63) is 102 Å². The molecular weight excluding hydrogens is 386 g/mol. The third-order valence-electron chi connectivity index (χ3n) is 5.20. The Kier molecular flexibility index (Phi) is 5.57. The molecule has 3 aromatic rings. The molecule has 0 radical (unpaired) electrons. The summed E-state index contributed by atoms with van der Waals surface area (Å²) in [6, 6.07) is 22.2. The number of nitrogens with zero attached hydrogens (tertiary/aromatic N) is 2. The molecule has 6 heteroatoms. The minimum absolute atomic E-state index is 0.0700. The van der Waals surface area contributed by atoms with Gasteiger partial charge in [-0.2, -0.15) is 0 Å². The zero-order valence-electron chi connectivity index (χ0n) is 16.2. The van der Waals surface area contributed by atoms with Crippen molar-refractivity contribution < 1.29 is 18.4 Å². The highest BCUT2D eigenvalue weighted by Gasteiger charge is 2.38. The van der Waals surface area contributed by atoms with Crippen LogP contribution in [0.25, 0.3) is 0 Å². The van der Waals surface area contributed by atoms with Gasteiger partial charge in [-0.05, 0) is 35.9 Å². The zero-order chi connectivity index (χ0) is 21.1. The number of likely N-dealkylation sites (tertiary alicyclic amines) is 1. The smallest absolute Gasteiger partial charge is 0.254 e. The van der Waals surface area contributed by atoms with Gasteiger partial charge < -0.3 is 9.80 Å². The fourth-order valence-electron chi connectivity index (χ4n) is 3.50. The molecule has 4 rings (SSSR count). The van der Waals surface area contributed by atoms with Crippen molar-refractivity contribution in [3.8, 4) is 0 Å². The van der Waals surface area contributed by atoms with Crippen molar-refractivity contribution in [2.24, 2.45) is 5.92 Å². The molecule has 0 atom stereocenters. The van der Waals surface area contributed by atoms with Crippen LogP contribution in [0, 0.1) is 17.6 Å². The maximum atomic E-state index is 13.4. The summed E-state index contributed by atoms with van der Waals surface area (Å²) in [5.74, 6) is -2.88. The fourth-order valence-corrected chi connectivity index (χ4v) is 3.50. The Bertz CT molecular complexity index is 1050. The van der Waals surface area contributed by atoms with Crippen molar-refractivity contribution in [3.63, 3.8) is 0 Å². The average Bonchev–Trinajstić information content (AvgIpc) is 2.74. The molecule has 1 aliphatic rings. The van der Waals surface area contributed by atoms with Crippen LogP contribution in [0.5, 0.6) is 0 Å². The molecule has 152 valence electrons. The summed E-state index contributed by atoms with van der Waals surface area (Å²) < 4.78 is 26.5. The molecular formula is C24H20F2N2O2. The first-order chi connectivity index (χ1) is 14.5. The van der Waals surface area contributed by atoms with Gasteiger partial charge in [0.25, 0.3) is 5.91 Å². The van der Waals surface area contributed by atoms with E-state index in [1.54, 1.807) is 4.90 Å². The lowest BCUT2D eigenvalue weighted by molar-refractivity contribution is -0.126. The number of hydrogen-bond donors (Lipinski definition) is 0. The molecule has 4 nitrogen and oxygen atoms in total. The van der Waals surface area contributed by atoms with E-state index in [0.717, 1.165) is 23.4 Å². The molecule has 1 heterocycles. The molecule has 0 spiro atoms. The van der Waals surface area contributed by atoms with Crippen molar-refractivity contribution in [1.82, 2.24) is 4.90 Å². The number of rotatable bonds is 5. The van der Waals surface area contributed by atoms with Crippen LogP contribution in [-0.2, 0) is 11.3 Å². The Morgan fingerprint density at radius 2 is 1.50 bits per heavy atom. The highest BCUT2D eigenvalue weighted by molar-refractivity contribution is 5.99. The van der Waals surface area contributed by atoms with Gasteiger partial charge in [0.15, 0.2) is 11.6 Å². The topological polar surface area (TPSA) is 40.6 Å². The van der Waals surface area contributed by atoms with Gasteiger partial charge in [-0.3, -0.25) is 9.59 Å². The van der Waals surface area contributed by atoms with Gasteiger partial charge in [0, 0.05) is 24.3 Å². The summed E-state index contributed by atoms with van der Waals surface area (Å²) in [4.78, 5) is 28.9. The van der Waals surface area contributed by atoms with Gasteiger partial charge in [-0.25, -0.2) is 8.78 Å². The number of carbonyl (C=O) groups is 2. The number of carbonyl (C=O) groups excluding carboxylic acids is 2. The van der Waals surface area contributed by atoms with E-state index < -0.39 is 17.5 Å². The predicted octanol–water partition coefficient (Wildman–Crippen LogP) is 4.27. The molecule has 1 aliphatic heterocycles. The largest absolute Gasteiger partial charge is 0.337 e. The van der Waals surface area contributed by atoms with Crippen LogP contribution in [0.15, 0.2) is 78.9 Å². The van der Waals surface area contributed by atoms with Crippen molar-refractivity contribution >= 4 is 17.5 Å². The van der Waals surface area contributed by atoms with Crippen molar-refractivity contribution in [1.29, 1.82) is 0 Å². The van der Waals surface area contributed by atoms with Gasteiger partial charge >= 0.3 is 0 Å². The molecule has 0 unspecified atom stereocenters. The molecule has 30 heavy (non-hydrogen) atoms. The number of hydrogen-bond acceptors (Lipinski definition) is 2. The Labute approximate surface area is 173 Å². The summed E-state index contributed by atoms with van der Waals surface area (Å²) in [7, 11) is 0. The SMILES string of the molecule is O=C(c1ccc(F)c(F)c1)N1CC(C(=O)N(Cc2ccccc2)c2ccccc2)C1. The molecule has 1 fully saturated rings. The van der Waals surface area contributed by atoms with Crippen LogP contribution in [0.3, 0.4) is 0 Å². The standard InChI is InChI=1S/C24H20F2N2O2/c25-21-12-11-18(13-22(21)26)23(29)27-15-19(16-27)24(30)28(20-9-5-2-6-10-20)14-17-7-3-1-4-8-17/h1-13,19H,14-16H2. The number of anilines is 1. The van der Waals surface area contributed by atoms with Gasteiger partial charge in [0.2, 0.25) is 5.91 Å². The Morgan fingerprint density at radius 3 is 2.13 bits per heavy atom. The first-order valence-corrected chi connectivity index (χ1v) is 9.67. The summed E-state index contributed by atoms with van der Waals surface area (Å²) in [5, 5.41) is 0. The first-order valence-electron chi connectivity index (χ1n) is 9.67. The Morgan fingerprint density at radius 1 is 0.867 bits per heavy atom. The normalized spacial score (nSPS) is 13.6. The second-order valence-electron chi connectivity index (χ2n) is 7.28. The lowest BCUT2D eigenvalue weighted by Crippen LogP contribution is -2.56. The van der Waals surface area contributed by atoms with Crippen LogP contribution in [0.1, 0.15) is 15.9 Å². The Hall–Kier alpha value is -3.54. The third-order valence-corrected chi connectivity index (χ3v) is 5.20. The van der Waals surface area contributed by atoms with Crippen molar-refractivity contribution in [2.75, 3.05) is 18.0 Å². The minimum atomic E-state index is -1.06. The third kappa shape index (κ3) is 4.08. The highest BCUT2D eigenvalue weighted by atomic mass is 19.2. The maximum Gasteiger partial charge on any atom is 0.254 e. The summed E-state index contributed by atoms with van der Waals surface area (Å²) in [5.41, 5.74) is 1.87. The van der Waals surface area contributed by atoms with Crippen LogP contribution >= 0.6 is 0 Å². The van der Waals surface area contributed by atoms with Crippen molar-refractivity contribution in [2.45, 2.75) is 6.54 Å². The number of amides is 2. The van der Waals surface area contributed by atoms with Crippen LogP contribution < -0.4 is 4.90 Å². The molecule has 1 saturated heterocycles. The van der Waals surface area contributed by atoms with Gasteiger partial charge in [0.05, 0.1) is 12.5 Å². The number of halogens is 2. The lowest BCUT2D eigenvalue weighted by Gasteiger charge is -2.40. The zero-order valence-corrected chi connectivity index (χ0v) is 16.2. The van der Waals surface area contributed by atoms with E-state index in [9.17, 15) is 18.4 Å². The van der Waals surface area contributed by atoms with Crippen LogP contribution in [0.4, 0.5) is 14.5 Å². The van der Waals surface area contributed by atoms with Gasteiger partial charge in [-0.1, -0.05) is 48.5 Å². The summed E-state index contributed by atoms with van der Waals surface area (Å²) in [6.07, 6.45) is 0.